The van der Waals surface area contributed by atoms with Crippen molar-refractivity contribution >= 4 is 35.5 Å². The summed E-state index contributed by atoms with van der Waals surface area (Å²) in [6.07, 6.45) is 2.00. The van der Waals surface area contributed by atoms with Gasteiger partial charge in [0.15, 0.2) is 0 Å². The molecule has 1 aromatic rings. The van der Waals surface area contributed by atoms with Gasteiger partial charge in [0, 0.05) is 0 Å². The summed E-state index contributed by atoms with van der Waals surface area (Å²) in [6, 6.07) is 0. The first-order valence-corrected chi connectivity index (χ1v) is 8.74. The van der Waals surface area contributed by atoms with Gasteiger partial charge >= 0.3 is 82.7 Å². The molecule has 1 nitrogen and oxygen atoms in total. The number of hydrogen-bond donors (Lipinski definition) is 0. The SMILES string of the molecule is Cc1cn[c]([SnH2][C](C)(C)C)s1. The zero-order valence-electron chi connectivity index (χ0n) is 7.64. The normalized spacial score (nSPS) is 13.1. The van der Waals surface area contributed by atoms with Gasteiger partial charge in [-0.3, -0.25) is 0 Å². The monoisotopic (exact) mass is 277 g/mol. The van der Waals surface area contributed by atoms with Crippen LogP contribution in [-0.2, 0) is 0 Å². The van der Waals surface area contributed by atoms with Crippen LogP contribution < -0.4 is 3.02 Å². The molecule has 0 saturated carbocycles. The Hall–Kier alpha value is 0.429. The van der Waals surface area contributed by atoms with Gasteiger partial charge in [0.05, 0.1) is 0 Å². The van der Waals surface area contributed by atoms with Crippen molar-refractivity contribution in [1.29, 1.82) is 0 Å². The topological polar surface area (TPSA) is 12.9 Å². The Morgan fingerprint density at radius 2 is 2.09 bits per heavy atom. The van der Waals surface area contributed by atoms with Gasteiger partial charge in [-0.15, -0.1) is 0 Å². The van der Waals surface area contributed by atoms with E-state index in [4.69, 9.17) is 0 Å². The first-order chi connectivity index (χ1) is 4.97. The van der Waals surface area contributed by atoms with Crippen LogP contribution in [-0.4, -0.2) is 26.1 Å². The Morgan fingerprint density at radius 3 is 2.45 bits per heavy atom. The van der Waals surface area contributed by atoms with Gasteiger partial charge in [0.25, 0.3) is 0 Å². The fourth-order valence-electron chi connectivity index (χ4n) is 0.937. The van der Waals surface area contributed by atoms with Crippen LogP contribution in [0.1, 0.15) is 25.6 Å². The minimum atomic E-state index is -0.776. The summed E-state index contributed by atoms with van der Waals surface area (Å²) in [5.74, 6) is 0. The quantitative estimate of drug-likeness (QED) is 0.708. The summed E-state index contributed by atoms with van der Waals surface area (Å²) in [5, 5.41) is 0. The van der Waals surface area contributed by atoms with Crippen LogP contribution in [0.3, 0.4) is 0 Å². The molecule has 0 N–H and O–H groups in total. The van der Waals surface area contributed by atoms with Crippen molar-refractivity contribution < 1.29 is 0 Å². The summed E-state index contributed by atoms with van der Waals surface area (Å²) in [5.41, 5.74) is 0. The Balaban J connectivity index is 2.65. The number of aromatic nitrogens is 1. The van der Waals surface area contributed by atoms with Crippen molar-refractivity contribution in [3.05, 3.63) is 11.1 Å². The van der Waals surface area contributed by atoms with Crippen LogP contribution in [0.2, 0.25) is 3.43 Å². The van der Waals surface area contributed by atoms with Crippen molar-refractivity contribution in [2.75, 3.05) is 0 Å². The fraction of sp³-hybridized carbons (Fsp3) is 0.625. The summed E-state index contributed by atoms with van der Waals surface area (Å²) >= 11 is 1.12. The molecule has 1 rings (SSSR count). The zero-order chi connectivity index (χ0) is 8.48. The first-order valence-electron chi connectivity index (χ1n) is 3.89. The molecular weight excluding hydrogens is 261 g/mol. The standard InChI is InChI=1S/C4H4NS.C4H9.Sn.2H/c1-4-2-5-3-6-4;1-4(2)3;;;/h2H,1H3;1-3H3;;;. The second kappa shape index (κ2) is 3.44. The van der Waals surface area contributed by atoms with Crippen LogP contribution in [0.4, 0.5) is 0 Å². The van der Waals surface area contributed by atoms with Crippen LogP contribution in [0.15, 0.2) is 6.20 Å². The minimum absolute atomic E-state index is 0.575. The Labute approximate surface area is 82.5 Å². The maximum atomic E-state index is 4.41. The van der Waals surface area contributed by atoms with Crippen LogP contribution in [0, 0.1) is 6.92 Å². The molecule has 0 saturated heterocycles. The van der Waals surface area contributed by atoms with Gasteiger partial charge in [-0.2, -0.15) is 0 Å². The molecule has 3 heteroatoms. The predicted molar refractivity (Wildman–Crippen MR) is 54.7 cm³/mol. The van der Waals surface area contributed by atoms with Crippen LogP contribution in [0.5, 0.6) is 0 Å². The number of nitrogens with zero attached hydrogens (tertiary/aromatic N) is 1. The van der Waals surface area contributed by atoms with Crippen molar-refractivity contribution in [1.82, 2.24) is 4.98 Å². The number of aryl methyl sites for hydroxylation is 1. The second-order valence-electron chi connectivity index (χ2n) is 4.10. The van der Waals surface area contributed by atoms with Crippen molar-refractivity contribution in [3.63, 3.8) is 0 Å². The molecule has 0 atom stereocenters. The van der Waals surface area contributed by atoms with E-state index in [1.165, 1.54) is 7.90 Å². The first kappa shape index (κ1) is 9.52. The number of rotatable bonds is 1. The van der Waals surface area contributed by atoms with Crippen LogP contribution in [0.25, 0.3) is 0 Å². The zero-order valence-corrected chi connectivity index (χ0v) is 12.5. The second-order valence-corrected chi connectivity index (χ2v) is 15.9. The molecule has 0 radical (unpaired) electrons. The molecule has 0 amide bonds. The molecule has 0 unspecified atom stereocenters. The van der Waals surface area contributed by atoms with E-state index in [9.17, 15) is 0 Å². The molecule has 1 aromatic heterocycles. The van der Waals surface area contributed by atoms with Crippen molar-refractivity contribution in [3.8, 4) is 0 Å². The molecular formula is C8H15NSSn. The van der Waals surface area contributed by atoms with Gasteiger partial charge < -0.3 is 0 Å². The van der Waals surface area contributed by atoms with E-state index < -0.39 is 21.1 Å². The molecule has 11 heavy (non-hydrogen) atoms. The van der Waals surface area contributed by atoms with E-state index in [-0.39, 0.29) is 0 Å². The average molecular weight is 276 g/mol. The molecule has 0 spiro atoms. The summed E-state index contributed by atoms with van der Waals surface area (Å²) in [4.78, 5) is 5.77. The van der Waals surface area contributed by atoms with Gasteiger partial charge in [-0.1, -0.05) is 0 Å². The third-order valence-electron chi connectivity index (χ3n) is 1.35. The van der Waals surface area contributed by atoms with Gasteiger partial charge in [-0.05, 0) is 0 Å². The molecule has 0 fully saturated rings. The number of thiazole rings is 1. The summed E-state index contributed by atoms with van der Waals surface area (Å²) in [6.45, 7) is 9.13. The van der Waals surface area contributed by atoms with Gasteiger partial charge in [0.1, 0.15) is 0 Å². The molecule has 0 aromatic carbocycles. The van der Waals surface area contributed by atoms with E-state index in [0.29, 0.717) is 3.43 Å². The molecule has 0 aliphatic rings. The predicted octanol–water partition coefficient (Wildman–Crippen LogP) is 1.46. The van der Waals surface area contributed by atoms with Gasteiger partial charge in [-0.25, -0.2) is 0 Å². The Morgan fingerprint density at radius 1 is 1.45 bits per heavy atom. The third kappa shape index (κ3) is 3.56. The number of hydrogen-bond acceptors (Lipinski definition) is 2. The molecule has 1 heterocycles. The molecule has 0 aliphatic heterocycles. The third-order valence-corrected chi connectivity index (χ3v) is 8.73. The maximum absolute atomic E-state index is 4.41. The van der Waals surface area contributed by atoms with Crippen LogP contribution >= 0.6 is 11.3 Å². The van der Waals surface area contributed by atoms with Crippen molar-refractivity contribution in [2.45, 2.75) is 31.1 Å². The van der Waals surface area contributed by atoms with E-state index in [2.05, 4.69) is 32.7 Å². The van der Waals surface area contributed by atoms with E-state index >= 15 is 0 Å². The van der Waals surface area contributed by atoms with E-state index in [1.807, 2.05) is 17.5 Å². The Bertz CT molecular complexity index is 236. The Kier molecular flexibility index (Phi) is 2.97. The molecule has 62 valence electrons. The van der Waals surface area contributed by atoms with Crippen molar-refractivity contribution in [2.24, 2.45) is 0 Å². The summed E-state index contributed by atoms with van der Waals surface area (Å²) in [7, 11) is 0. The van der Waals surface area contributed by atoms with E-state index in [0.717, 1.165) is 0 Å². The van der Waals surface area contributed by atoms with E-state index in [1.54, 1.807) is 0 Å². The summed E-state index contributed by atoms with van der Waals surface area (Å²) < 4.78 is 2.04. The van der Waals surface area contributed by atoms with Gasteiger partial charge in [0.2, 0.25) is 0 Å². The molecule has 0 aliphatic carbocycles. The average Bonchev–Trinajstić information content (AvgIpc) is 2.10. The molecule has 0 bridgehead atoms. The fourth-order valence-corrected chi connectivity index (χ4v) is 10.2.